The van der Waals surface area contributed by atoms with Gasteiger partial charge in [0, 0.05) is 63.8 Å². The number of hydrogen-bond acceptors (Lipinski definition) is 5. The van der Waals surface area contributed by atoms with Crippen molar-refractivity contribution in [3.05, 3.63) is 30.2 Å². The molecule has 1 fully saturated rings. The Bertz CT molecular complexity index is 589. The van der Waals surface area contributed by atoms with Gasteiger partial charge in [-0.3, -0.25) is 4.90 Å². The number of rotatable bonds is 5. The van der Waals surface area contributed by atoms with Gasteiger partial charge in [-0.15, -0.1) is 0 Å². The molecule has 0 saturated carbocycles. The molecule has 6 nitrogen and oxygen atoms in total. The number of hydrogen-bond donors (Lipinski definition) is 2. The van der Waals surface area contributed by atoms with Gasteiger partial charge < -0.3 is 20.1 Å². The van der Waals surface area contributed by atoms with Crippen molar-refractivity contribution in [2.75, 3.05) is 51.6 Å². The van der Waals surface area contributed by atoms with E-state index in [1.165, 1.54) is 0 Å². The van der Waals surface area contributed by atoms with Crippen LogP contribution in [-0.2, 0) is 6.42 Å². The van der Waals surface area contributed by atoms with Gasteiger partial charge in [0.15, 0.2) is 0 Å². The van der Waals surface area contributed by atoms with E-state index in [0.717, 1.165) is 62.7 Å². The first-order valence-corrected chi connectivity index (χ1v) is 7.53. The summed E-state index contributed by atoms with van der Waals surface area (Å²) in [4.78, 5) is 9.39. The Kier molecular flexibility index (Phi) is 4.38. The fourth-order valence-corrected chi connectivity index (χ4v) is 2.83. The van der Waals surface area contributed by atoms with E-state index in [1.54, 1.807) is 0 Å². The molecule has 3 N–H and O–H groups in total. The third-order valence-electron chi connectivity index (χ3n) is 4.09. The van der Waals surface area contributed by atoms with E-state index in [2.05, 4.69) is 21.0 Å². The Morgan fingerprint density at radius 1 is 1.05 bits per heavy atom. The molecule has 0 amide bonds. The van der Waals surface area contributed by atoms with E-state index < -0.39 is 0 Å². The second-order valence-electron chi connectivity index (χ2n) is 5.62. The van der Waals surface area contributed by atoms with Gasteiger partial charge in [-0.1, -0.05) is 0 Å². The number of imidazole rings is 1. The van der Waals surface area contributed by atoms with Crippen LogP contribution in [0.1, 0.15) is 5.69 Å². The number of nitrogens with zero attached hydrogens (tertiary/aromatic N) is 4. The Hall–Kier alpha value is -1.63. The van der Waals surface area contributed by atoms with Crippen LogP contribution in [0.3, 0.4) is 0 Å². The summed E-state index contributed by atoms with van der Waals surface area (Å²) in [5, 5.41) is 8.95. The van der Waals surface area contributed by atoms with Crippen molar-refractivity contribution in [2.24, 2.45) is 0 Å². The molecule has 0 spiro atoms. The molecule has 2 aromatic rings. The maximum Gasteiger partial charge on any atom is 0.137 e. The van der Waals surface area contributed by atoms with E-state index in [9.17, 15) is 0 Å². The second-order valence-corrected chi connectivity index (χ2v) is 5.62. The predicted molar refractivity (Wildman–Crippen MR) is 83.3 cm³/mol. The van der Waals surface area contributed by atoms with Crippen LogP contribution >= 0.6 is 0 Å². The first-order valence-electron chi connectivity index (χ1n) is 7.53. The third kappa shape index (κ3) is 3.53. The SMILES string of the molecule is Nc1ccc2nc(CCN3CCN(CCO)CC3)cn2c1. The quantitative estimate of drug-likeness (QED) is 0.815. The largest absolute Gasteiger partial charge is 0.398 e. The van der Waals surface area contributed by atoms with Crippen LogP contribution in [0.4, 0.5) is 5.69 Å². The smallest absolute Gasteiger partial charge is 0.137 e. The lowest BCUT2D eigenvalue weighted by atomic mass is 10.2. The molecule has 1 aliphatic heterocycles. The van der Waals surface area contributed by atoms with Crippen LogP contribution in [0.25, 0.3) is 5.65 Å². The maximum atomic E-state index is 8.95. The number of nitrogens with two attached hydrogens (primary N) is 1. The summed E-state index contributed by atoms with van der Waals surface area (Å²) in [5.74, 6) is 0. The number of anilines is 1. The highest BCUT2D eigenvalue weighted by Crippen LogP contribution is 2.10. The van der Waals surface area contributed by atoms with Crippen molar-refractivity contribution in [1.29, 1.82) is 0 Å². The fraction of sp³-hybridized carbons (Fsp3) is 0.533. The van der Waals surface area contributed by atoms with E-state index in [4.69, 9.17) is 10.8 Å². The lowest BCUT2D eigenvalue weighted by Crippen LogP contribution is -2.47. The summed E-state index contributed by atoms with van der Waals surface area (Å²) in [6, 6.07) is 3.83. The molecule has 0 unspecified atom stereocenters. The van der Waals surface area contributed by atoms with E-state index in [-0.39, 0.29) is 6.61 Å². The molecular formula is C15H23N5O. The van der Waals surface area contributed by atoms with Crippen LogP contribution in [0.15, 0.2) is 24.5 Å². The maximum absolute atomic E-state index is 8.95. The van der Waals surface area contributed by atoms with E-state index in [1.807, 2.05) is 22.7 Å². The molecule has 0 radical (unpaired) electrons. The summed E-state index contributed by atoms with van der Waals surface area (Å²) in [6.07, 6.45) is 4.93. The zero-order valence-corrected chi connectivity index (χ0v) is 12.3. The average Bonchev–Trinajstić information content (AvgIpc) is 2.89. The lowest BCUT2D eigenvalue weighted by molar-refractivity contribution is 0.113. The molecule has 21 heavy (non-hydrogen) atoms. The van der Waals surface area contributed by atoms with Gasteiger partial charge in [0.2, 0.25) is 0 Å². The number of piperazine rings is 1. The number of nitrogen functional groups attached to an aromatic ring is 1. The van der Waals surface area contributed by atoms with Gasteiger partial charge in [-0.2, -0.15) is 0 Å². The number of aliphatic hydroxyl groups excluding tert-OH is 1. The van der Waals surface area contributed by atoms with Crippen molar-refractivity contribution in [3.8, 4) is 0 Å². The minimum Gasteiger partial charge on any atom is -0.398 e. The molecule has 2 aromatic heterocycles. The van der Waals surface area contributed by atoms with Crippen LogP contribution in [0, 0.1) is 0 Å². The molecule has 6 heteroatoms. The summed E-state index contributed by atoms with van der Waals surface area (Å²) >= 11 is 0. The summed E-state index contributed by atoms with van der Waals surface area (Å²) in [5.41, 5.74) is 8.60. The topological polar surface area (TPSA) is 70.0 Å². The Balaban J connectivity index is 1.52. The highest BCUT2D eigenvalue weighted by Gasteiger charge is 2.16. The zero-order chi connectivity index (χ0) is 14.7. The summed E-state index contributed by atoms with van der Waals surface area (Å²) < 4.78 is 1.99. The van der Waals surface area contributed by atoms with Gasteiger partial charge in [0.05, 0.1) is 12.3 Å². The van der Waals surface area contributed by atoms with Crippen LogP contribution < -0.4 is 5.73 Å². The molecule has 0 bridgehead atoms. The molecule has 114 valence electrons. The summed E-state index contributed by atoms with van der Waals surface area (Å²) in [7, 11) is 0. The van der Waals surface area contributed by atoms with Crippen molar-refractivity contribution in [3.63, 3.8) is 0 Å². The van der Waals surface area contributed by atoms with Crippen molar-refractivity contribution < 1.29 is 5.11 Å². The Labute approximate surface area is 124 Å². The van der Waals surface area contributed by atoms with E-state index >= 15 is 0 Å². The monoisotopic (exact) mass is 289 g/mol. The standard InChI is InChI=1S/C15H23N5O/c16-13-1-2-15-17-14(12-20(15)11-13)3-4-18-5-7-19(8-6-18)9-10-21/h1-2,11-12,21H,3-10,16H2. The molecule has 1 aliphatic rings. The predicted octanol–water partition coefficient (Wildman–Crippen LogP) is 0.0689. The second kappa shape index (κ2) is 6.43. The van der Waals surface area contributed by atoms with Gasteiger partial charge >= 0.3 is 0 Å². The highest BCUT2D eigenvalue weighted by atomic mass is 16.3. The minimum atomic E-state index is 0.254. The van der Waals surface area contributed by atoms with Crippen LogP contribution in [-0.4, -0.2) is 70.2 Å². The first kappa shape index (κ1) is 14.3. The van der Waals surface area contributed by atoms with Gasteiger partial charge in [-0.25, -0.2) is 4.98 Å². The minimum absolute atomic E-state index is 0.254. The van der Waals surface area contributed by atoms with Gasteiger partial charge in [0.25, 0.3) is 0 Å². The lowest BCUT2D eigenvalue weighted by Gasteiger charge is -2.34. The van der Waals surface area contributed by atoms with Crippen LogP contribution in [0.2, 0.25) is 0 Å². The Morgan fingerprint density at radius 2 is 1.76 bits per heavy atom. The fourth-order valence-electron chi connectivity index (χ4n) is 2.83. The molecule has 1 saturated heterocycles. The highest BCUT2D eigenvalue weighted by molar-refractivity contribution is 5.48. The van der Waals surface area contributed by atoms with Gasteiger partial charge in [-0.05, 0) is 12.1 Å². The average molecular weight is 289 g/mol. The first-order chi connectivity index (χ1) is 10.2. The normalized spacial score (nSPS) is 17.6. The molecular weight excluding hydrogens is 266 g/mol. The summed E-state index contributed by atoms with van der Waals surface area (Å²) in [6.45, 7) is 6.31. The number of pyridine rings is 1. The number of β-amino-alcohol motifs (C(OH)–C–C–N with tert-alkyl or cyclic N) is 1. The number of aliphatic hydroxyl groups is 1. The Morgan fingerprint density at radius 3 is 2.48 bits per heavy atom. The van der Waals surface area contributed by atoms with Crippen molar-refractivity contribution in [2.45, 2.75) is 6.42 Å². The number of aromatic nitrogens is 2. The van der Waals surface area contributed by atoms with Crippen molar-refractivity contribution >= 4 is 11.3 Å². The molecule has 3 heterocycles. The van der Waals surface area contributed by atoms with Crippen LogP contribution in [0.5, 0.6) is 0 Å². The zero-order valence-electron chi connectivity index (χ0n) is 12.3. The number of fused-ring (bicyclic) bond motifs is 1. The molecule has 3 rings (SSSR count). The third-order valence-corrected chi connectivity index (χ3v) is 4.09. The van der Waals surface area contributed by atoms with Crippen molar-refractivity contribution in [1.82, 2.24) is 19.2 Å². The molecule has 0 aliphatic carbocycles. The molecule has 0 aromatic carbocycles. The van der Waals surface area contributed by atoms with E-state index in [0.29, 0.717) is 0 Å². The van der Waals surface area contributed by atoms with Gasteiger partial charge in [0.1, 0.15) is 5.65 Å². The molecule has 0 atom stereocenters.